The number of rotatable bonds is 7. The summed E-state index contributed by atoms with van der Waals surface area (Å²) in [6, 6.07) is 7.34. The van der Waals surface area contributed by atoms with Crippen LogP contribution in [0.1, 0.15) is 25.3 Å². The van der Waals surface area contributed by atoms with Gasteiger partial charge < -0.3 is 25.4 Å². The molecule has 0 unspecified atom stereocenters. The Balaban J connectivity index is 1.79. The van der Waals surface area contributed by atoms with Gasteiger partial charge in [-0.2, -0.15) is 0 Å². The van der Waals surface area contributed by atoms with Crippen molar-refractivity contribution in [3.05, 3.63) is 35.9 Å². The minimum Gasteiger partial charge on any atom is -0.480 e. The van der Waals surface area contributed by atoms with Crippen LogP contribution < -0.4 is 10.6 Å². The van der Waals surface area contributed by atoms with Gasteiger partial charge in [0.25, 0.3) is 0 Å². The van der Waals surface area contributed by atoms with Crippen LogP contribution in [0.15, 0.2) is 30.3 Å². The van der Waals surface area contributed by atoms with Crippen molar-refractivity contribution in [1.82, 2.24) is 15.5 Å². The first-order valence-corrected chi connectivity index (χ1v) is 8.65. The molecule has 2 rings (SSSR count). The predicted octanol–water partition coefficient (Wildman–Crippen LogP) is 0.493. The van der Waals surface area contributed by atoms with Crippen molar-refractivity contribution in [2.45, 2.75) is 38.5 Å². The highest BCUT2D eigenvalue weighted by atomic mass is 16.5. The van der Waals surface area contributed by atoms with Crippen molar-refractivity contribution in [2.75, 3.05) is 13.1 Å². The number of alkyl carbamates (subject to hydrolysis) is 1. The number of ether oxygens (including phenoxy) is 1. The highest BCUT2D eigenvalue weighted by Crippen LogP contribution is 2.17. The lowest BCUT2D eigenvalue weighted by Gasteiger charge is -2.24. The second kappa shape index (κ2) is 9.56. The van der Waals surface area contributed by atoms with Gasteiger partial charge in [-0.1, -0.05) is 30.3 Å². The molecular weight excluding hydrogens is 354 g/mol. The van der Waals surface area contributed by atoms with E-state index < -0.39 is 36.0 Å². The number of carbonyl (C=O) groups excluding carboxylic acids is 3. The molecule has 0 saturated carbocycles. The Morgan fingerprint density at radius 2 is 1.96 bits per heavy atom. The summed E-state index contributed by atoms with van der Waals surface area (Å²) in [4.78, 5) is 48.4. The van der Waals surface area contributed by atoms with Gasteiger partial charge in [-0.25, -0.2) is 4.79 Å². The van der Waals surface area contributed by atoms with E-state index in [0.717, 1.165) is 5.56 Å². The number of amides is 3. The lowest BCUT2D eigenvalue weighted by atomic mass is 10.2. The zero-order valence-electron chi connectivity index (χ0n) is 15.0. The van der Waals surface area contributed by atoms with Crippen LogP contribution in [-0.4, -0.2) is 59.1 Å². The van der Waals surface area contributed by atoms with Crippen LogP contribution in [0, 0.1) is 0 Å². The molecule has 3 amide bonds. The summed E-state index contributed by atoms with van der Waals surface area (Å²) in [5.41, 5.74) is 0.822. The van der Waals surface area contributed by atoms with E-state index in [1.165, 1.54) is 11.8 Å². The van der Waals surface area contributed by atoms with Gasteiger partial charge >= 0.3 is 12.1 Å². The summed E-state index contributed by atoms with van der Waals surface area (Å²) >= 11 is 0. The average molecular weight is 377 g/mol. The molecule has 1 heterocycles. The number of nitrogens with one attached hydrogen (secondary N) is 2. The molecule has 1 saturated heterocycles. The molecule has 27 heavy (non-hydrogen) atoms. The number of aliphatic carboxylic acids is 1. The van der Waals surface area contributed by atoms with E-state index in [4.69, 9.17) is 9.84 Å². The number of benzene rings is 1. The standard InChI is InChI=1S/C18H23N3O6/c1-12(17(24)25)20-16(23)14-8-5-9-21(14)15(22)10-19-18(26)27-11-13-6-3-2-4-7-13/h2-4,6-7,12,14H,5,8-11H2,1H3,(H,19,26)(H,20,23)(H,24,25)/t12-,14-/m0/s1. The second-order valence-corrected chi connectivity index (χ2v) is 6.23. The molecule has 0 spiro atoms. The number of carboxylic acid groups (broad SMARTS) is 1. The van der Waals surface area contributed by atoms with Gasteiger partial charge in [0, 0.05) is 6.54 Å². The Bertz CT molecular complexity index is 694. The third-order valence-corrected chi connectivity index (χ3v) is 4.20. The number of likely N-dealkylation sites (tertiary alicyclic amines) is 1. The van der Waals surface area contributed by atoms with Crippen molar-refractivity contribution >= 4 is 23.9 Å². The Kier molecular flexibility index (Phi) is 7.16. The Morgan fingerprint density at radius 3 is 2.63 bits per heavy atom. The smallest absolute Gasteiger partial charge is 0.407 e. The summed E-state index contributed by atoms with van der Waals surface area (Å²) in [5, 5.41) is 13.6. The lowest BCUT2D eigenvalue weighted by Crippen LogP contribution is -2.51. The minimum atomic E-state index is -1.15. The Labute approximate surface area is 156 Å². The number of carbonyl (C=O) groups is 4. The molecule has 0 bridgehead atoms. The number of hydrogen-bond acceptors (Lipinski definition) is 5. The highest BCUT2D eigenvalue weighted by Gasteiger charge is 2.35. The highest BCUT2D eigenvalue weighted by molar-refractivity contribution is 5.91. The molecule has 9 nitrogen and oxygen atoms in total. The molecule has 9 heteroatoms. The fourth-order valence-corrected chi connectivity index (χ4v) is 2.73. The summed E-state index contributed by atoms with van der Waals surface area (Å²) in [6.45, 7) is 1.51. The largest absolute Gasteiger partial charge is 0.480 e. The first-order chi connectivity index (χ1) is 12.9. The van der Waals surface area contributed by atoms with Crippen LogP contribution >= 0.6 is 0 Å². The van der Waals surface area contributed by atoms with Crippen molar-refractivity contribution in [3.8, 4) is 0 Å². The molecule has 1 aromatic rings. The minimum absolute atomic E-state index is 0.0860. The molecule has 1 aliphatic heterocycles. The van der Waals surface area contributed by atoms with E-state index in [1.807, 2.05) is 30.3 Å². The quantitative estimate of drug-likeness (QED) is 0.635. The molecule has 1 fully saturated rings. The second-order valence-electron chi connectivity index (χ2n) is 6.23. The van der Waals surface area contributed by atoms with Gasteiger partial charge in [0.2, 0.25) is 11.8 Å². The van der Waals surface area contributed by atoms with Crippen LogP contribution in [0.5, 0.6) is 0 Å². The van der Waals surface area contributed by atoms with Crippen LogP contribution in [0.4, 0.5) is 4.79 Å². The van der Waals surface area contributed by atoms with Crippen molar-refractivity contribution in [2.24, 2.45) is 0 Å². The molecule has 1 aromatic carbocycles. The van der Waals surface area contributed by atoms with Crippen molar-refractivity contribution < 1.29 is 29.0 Å². The van der Waals surface area contributed by atoms with Gasteiger partial charge in [-0.3, -0.25) is 14.4 Å². The number of carboxylic acids is 1. The van der Waals surface area contributed by atoms with Crippen molar-refractivity contribution in [3.63, 3.8) is 0 Å². The molecule has 3 N–H and O–H groups in total. The van der Waals surface area contributed by atoms with Gasteiger partial charge in [0.15, 0.2) is 0 Å². The lowest BCUT2D eigenvalue weighted by molar-refractivity contribution is -0.143. The zero-order valence-corrected chi connectivity index (χ0v) is 15.0. The fourth-order valence-electron chi connectivity index (χ4n) is 2.73. The Hall–Kier alpha value is -3.10. The summed E-state index contributed by atoms with van der Waals surface area (Å²) in [6.07, 6.45) is 0.346. The van der Waals surface area contributed by atoms with Gasteiger partial charge in [0.1, 0.15) is 25.2 Å². The van der Waals surface area contributed by atoms with E-state index in [2.05, 4.69) is 10.6 Å². The molecule has 0 radical (unpaired) electrons. The molecule has 0 aliphatic carbocycles. The first kappa shape index (κ1) is 20.2. The molecule has 2 atom stereocenters. The summed E-state index contributed by atoms with van der Waals surface area (Å²) < 4.78 is 5.03. The normalized spacial score (nSPS) is 17.1. The third kappa shape index (κ3) is 5.98. The van der Waals surface area contributed by atoms with E-state index >= 15 is 0 Å². The maximum atomic E-state index is 12.3. The van der Waals surface area contributed by atoms with Crippen LogP contribution in [-0.2, 0) is 25.7 Å². The van der Waals surface area contributed by atoms with E-state index in [9.17, 15) is 19.2 Å². The molecular formula is C18H23N3O6. The van der Waals surface area contributed by atoms with Crippen LogP contribution in [0.25, 0.3) is 0 Å². The zero-order chi connectivity index (χ0) is 19.8. The van der Waals surface area contributed by atoms with Gasteiger partial charge in [0.05, 0.1) is 0 Å². The summed E-state index contributed by atoms with van der Waals surface area (Å²) in [7, 11) is 0. The fraction of sp³-hybridized carbons (Fsp3) is 0.444. The van der Waals surface area contributed by atoms with E-state index in [0.29, 0.717) is 19.4 Å². The molecule has 1 aliphatic rings. The number of nitrogens with zero attached hydrogens (tertiary/aromatic N) is 1. The van der Waals surface area contributed by atoms with E-state index in [1.54, 1.807) is 0 Å². The number of hydrogen-bond donors (Lipinski definition) is 3. The maximum Gasteiger partial charge on any atom is 0.407 e. The van der Waals surface area contributed by atoms with Crippen molar-refractivity contribution in [1.29, 1.82) is 0 Å². The monoisotopic (exact) mass is 377 g/mol. The topological polar surface area (TPSA) is 125 Å². The summed E-state index contributed by atoms with van der Waals surface area (Å²) in [5.74, 6) is -2.09. The van der Waals surface area contributed by atoms with E-state index in [-0.39, 0.29) is 13.2 Å². The van der Waals surface area contributed by atoms with Crippen LogP contribution in [0.3, 0.4) is 0 Å². The first-order valence-electron chi connectivity index (χ1n) is 8.65. The average Bonchev–Trinajstić information content (AvgIpc) is 3.15. The van der Waals surface area contributed by atoms with Crippen LogP contribution in [0.2, 0.25) is 0 Å². The maximum absolute atomic E-state index is 12.3. The van der Waals surface area contributed by atoms with Gasteiger partial charge in [-0.05, 0) is 25.3 Å². The third-order valence-electron chi connectivity index (χ3n) is 4.20. The Morgan fingerprint density at radius 1 is 1.26 bits per heavy atom. The van der Waals surface area contributed by atoms with Gasteiger partial charge in [-0.15, -0.1) is 0 Å². The molecule has 0 aromatic heterocycles. The SMILES string of the molecule is C[C@H](NC(=O)[C@@H]1CCCN1C(=O)CNC(=O)OCc1ccccc1)C(=O)O. The molecule has 146 valence electrons. The predicted molar refractivity (Wildman–Crippen MR) is 94.6 cm³/mol.